The Hall–Kier alpha value is -0.160. The maximum absolute atomic E-state index is 6.10. The smallest absolute Gasteiger partial charge is 0.0741 e. The third-order valence-electron chi connectivity index (χ3n) is 5.07. The van der Waals surface area contributed by atoms with E-state index in [4.69, 9.17) is 14.2 Å². The molecule has 0 radical (unpaired) electrons. The Balaban J connectivity index is 1.52. The van der Waals surface area contributed by atoms with Crippen LogP contribution in [0.4, 0.5) is 0 Å². The van der Waals surface area contributed by atoms with Crippen molar-refractivity contribution in [1.29, 1.82) is 0 Å². The van der Waals surface area contributed by atoms with E-state index in [1.54, 1.807) is 0 Å². The number of ether oxygens (including phenoxy) is 3. The molecule has 3 aliphatic rings. The zero-order chi connectivity index (χ0) is 13.1. The van der Waals surface area contributed by atoms with Gasteiger partial charge in [-0.15, -0.1) is 0 Å². The second-order valence-electron chi connectivity index (χ2n) is 6.41. The summed E-state index contributed by atoms with van der Waals surface area (Å²) in [6.07, 6.45) is 5.61. The highest BCUT2D eigenvalue weighted by Crippen LogP contribution is 2.34. The van der Waals surface area contributed by atoms with Crippen LogP contribution < -0.4 is 5.32 Å². The van der Waals surface area contributed by atoms with Gasteiger partial charge in [0.05, 0.1) is 12.2 Å². The third kappa shape index (κ3) is 3.30. The summed E-state index contributed by atoms with van der Waals surface area (Å²) in [5.41, 5.74) is 0.0973. The summed E-state index contributed by atoms with van der Waals surface area (Å²) in [6.45, 7) is 6.79. The molecular weight excluding hydrogens is 242 g/mol. The normalized spacial score (nSPS) is 36.5. The van der Waals surface area contributed by atoms with Gasteiger partial charge in [0.2, 0.25) is 0 Å². The van der Waals surface area contributed by atoms with Crippen LogP contribution in [0.1, 0.15) is 39.0 Å². The number of nitrogens with one attached hydrogen (secondary N) is 1. The van der Waals surface area contributed by atoms with Crippen LogP contribution in [0.3, 0.4) is 0 Å². The lowest BCUT2D eigenvalue weighted by atomic mass is 9.83. The summed E-state index contributed by atoms with van der Waals surface area (Å²) >= 11 is 0. The minimum absolute atomic E-state index is 0.0973. The predicted molar refractivity (Wildman–Crippen MR) is 73.3 cm³/mol. The molecule has 3 heterocycles. The largest absolute Gasteiger partial charge is 0.381 e. The van der Waals surface area contributed by atoms with Gasteiger partial charge in [0.1, 0.15) is 0 Å². The topological polar surface area (TPSA) is 39.7 Å². The minimum atomic E-state index is 0.0973. The van der Waals surface area contributed by atoms with E-state index in [0.717, 1.165) is 58.7 Å². The fourth-order valence-corrected chi connectivity index (χ4v) is 3.72. The molecule has 0 aliphatic carbocycles. The number of hydrogen-bond acceptors (Lipinski definition) is 4. The molecule has 3 unspecified atom stereocenters. The van der Waals surface area contributed by atoms with Crippen LogP contribution in [-0.2, 0) is 14.2 Å². The van der Waals surface area contributed by atoms with Crippen molar-refractivity contribution in [2.24, 2.45) is 5.92 Å². The summed E-state index contributed by atoms with van der Waals surface area (Å²) in [5, 5.41) is 3.83. The van der Waals surface area contributed by atoms with E-state index in [1.165, 1.54) is 6.42 Å². The summed E-state index contributed by atoms with van der Waals surface area (Å²) < 4.78 is 17.1. The maximum Gasteiger partial charge on any atom is 0.0741 e. The molecule has 0 saturated carbocycles. The van der Waals surface area contributed by atoms with E-state index in [-0.39, 0.29) is 5.60 Å². The van der Waals surface area contributed by atoms with E-state index in [1.807, 2.05) is 0 Å². The van der Waals surface area contributed by atoms with Crippen molar-refractivity contribution < 1.29 is 14.2 Å². The number of hydrogen-bond donors (Lipinski definition) is 1. The molecule has 3 fully saturated rings. The summed E-state index contributed by atoms with van der Waals surface area (Å²) in [4.78, 5) is 0. The lowest BCUT2D eigenvalue weighted by Gasteiger charge is -2.44. The van der Waals surface area contributed by atoms with E-state index in [9.17, 15) is 0 Å². The SMILES string of the molecule is CC(NC1CCOC2(CCOCC2)C1)C1CCOC1. The molecule has 3 saturated heterocycles. The molecule has 110 valence electrons. The first-order valence-electron chi connectivity index (χ1n) is 7.83. The highest BCUT2D eigenvalue weighted by Gasteiger charge is 2.39. The van der Waals surface area contributed by atoms with Gasteiger partial charge in [0, 0.05) is 38.5 Å². The highest BCUT2D eigenvalue weighted by molar-refractivity contribution is 4.93. The first-order valence-corrected chi connectivity index (χ1v) is 7.83. The fourth-order valence-electron chi connectivity index (χ4n) is 3.72. The Labute approximate surface area is 116 Å². The first kappa shape index (κ1) is 13.8. The van der Waals surface area contributed by atoms with Crippen molar-refractivity contribution in [2.45, 2.75) is 56.7 Å². The van der Waals surface area contributed by atoms with Crippen molar-refractivity contribution in [1.82, 2.24) is 5.32 Å². The van der Waals surface area contributed by atoms with Gasteiger partial charge >= 0.3 is 0 Å². The number of rotatable bonds is 3. The Morgan fingerprint density at radius 3 is 2.63 bits per heavy atom. The highest BCUT2D eigenvalue weighted by atomic mass is 16.5. The molecule has 3 atom stereocenters. The van der Waals surface area contributed by atoms with Crippen molar-refractivity contribution >= 4 is 0 Å². The molecule has 0 bridgehead atoms. The predicted octanol–water partition coefficient (Wildman–Crippen LogP) is 1.73. The maximum atomic E-state index is 6.10. The van der Waals surface area contributed by atoms with Gasteiger partial charge in [-0.1, -0.05) is 0 Å². The van der Waals surface area contributed by atoms with Crippen LogP contribution in [0.2, 0.25) is 0 Å². The van der Waals surface area contributed by atoms with Crippen LogP contribution >= 0.6 is 0 Å². The lowest BCUT2D eigenvalue weighted by Crippen LogP contribution is -2.52. The Bertz CT molecular complexity index is 280. The first-order chi connectivity index (χ1) is 9.27. The van der Waals surface area contributed by atoms with E-state index in [2.05, 4.69) is 12.2 Å². The van der Waals surface area contributed by atoms with Gasteiger partial charge in [-0.05, 0) is 44.9 Å². The van der Waals surface area contributed by atoms with Crippen molar-refractivity contribution in [2.75, 3.05) is 33.0 Å². The van der Waals surface area contributed by atoms with Gasteiger partial charge in [-0.3, -0.25) is 0 Å². The van der Waals surface area contributed by atoms with E-state index in [0.29, 0.717) is 18.0 Å². The van der Waals surface area contributed by atoms with Crippen LogP contribution in [-0.4, -0.2) is 50.7 Å². The quantitative estimate of drug-likeness (QED) is 0.847. The molecule has 0 aromatic heterocycles. The molecule has 0 amide bonds. The monoisotopic (exact) mass is 269 g/mol. The molecule has 19 heavy (non-hydrogen) atoms. The molecule has 0 aromatic carbocycles. The molecule has 3 aliphatic heterocycles. The van der Waals surface area contributed by atoms with Gasteiger partial charge in [0.15, 0.2) is 0 Å². The van der Waals surface area contributed by atoms with Crippen LogP contribution in [0.25, 0.3) is 0 Å². The summed E-state index contributed by atoms with van der Waals surface area (Å²) in [7, 11) is 0. The Morgan fingerprint density at radius 2 is 1.89 bits per heavy atom. The zero-order valence-corrected chi connectivity index (χ0v) is 12.0. The van der Waals surface area contributed by atoms with Gasteiger partial charge in [-0.25, -0.2) is 0 Å². The van der Waals surface area contributed by atoms with Gasteiger partial charge < -0.3 is 19.5 Å². The minimum Gasteiger partial charge on any atom is -0.381 e. The fraction of sp³-hybridized carbons (Fsp3) is 1.00. The second kappa shape index (κ2) is 6.08. The lowest BCUT2D eigenvalue weighted by molar-refractivity contribution is -0.141. The van der Waals surface area contributed by atoms with Crippen molar-refractivity contribution in [3.63, 3.8) is 0 Å². The van der Waals surface area contributed by atoms with Crippen molar-refractivity contribution in [3.8, 4) is 0 Å². The molecule has 1 spiro atoms. The van der Waals surface area contributed by atoms with E-state index >= 15 is 0 Å². The molecule has 4 heteroatoms. The van der Waals surface area contributed by atoms with Crippen molar-refractivity contribution in [3.05, 3.63) is 0 Å². The van der Waals surface area contributed by atoms with E-state index < -0.39 is 0 Å². The molecule has 0 aromatic rings. The average molecular weight is 269 g/mol. The van der Waals surface area contributed by atoms with Crippen LogP contribution in [0.15, 0.2) is 0 Å². The Morgan fingerprint density at radius 1 is 1.05 bits per heavy atom. The molecular formula is C15H27NO3. The Kier molecular flexibility index (Phi) is 4.42. The summed E-state index contributed by atoms with van der Waals surface area (Å²) in [6, 6.07) is 1.16. The van der Waals surface area contributed by atoms with Crippen LogP contribution in [0.5, 0.6) is 0 Å². The third-order valence-corrected chi connectivity index (χ3v) is 5.07. The molecule has 1 N–H and O–H groups in total. The van der Waals surface area contributed by atoms with Crippen LogP contribution in [0, 0.1) is 5.92 Å². The standard InChI is InChI=1S/C15H27NO3/c1-12(13-2-6-18-11-13)16-14-3-7-19-15(10-14)4-8-17-9-5-15/h12-14,16H,2-11H2,1H3. The average Bonchev–Trinajstić information content (AvgIpc) is 2.93. The summed E-state index contributed by atoms with van der Waals surface area (Å²) in [5.74, 6) is 0.688. The van der Waals surface area contributed by atoms with Gasteiger partial charge in [-0.2, -0.15) is 0 Å². The molecule has 3 rings (SSSR count). The second-order valence-corrected chi connectivity index (χ2v) is 6.41. The zero-order valence-electron chi connectivity index (χ0n) is 12.0. The van der Waals surface area contributed by atoms with Gasteiger partial charge in [0.25, 0.3) is 0 Å². The molecule has 4 nitrogen and oxygen atoms in total.